The van der Waals surface area contributed by atoms with Crippen molar-refractivity contribution in [3.8, 4) is 0 Å². The topological polar surface area (TPSA) is 63.7 Å². The normalized spacial score (nSPS) is 16.0. The Morgan fingerprint density at radius 1 is 0.941 bits per heavy atom. The molecule has 182 valence electrons. The summed E-state index contributed by atoms with van der Waals surface area (Å²) in [7, 11) is 0. The molecule has 0 aromatic heterocycles. The summed E-state index contributed by atoms with van der Waals surface area (Å²) < 4.78 is 6.01. The number of aryl methyl sites for hydroxylation is 2. The molecule has 0 aliphatic carbocycles. The first kappa shape index (κ1) is 25.7. The fourth-order valence-electron chi connectivity index (χ4n) is 4.28. The minimum Gasteiger partial charge on any atom is -0.461 e. The maximum atomic E-state index is 13.2. The maximum Gasteiger partial charge on any atom is 0.329 e. The second-order valence-corrected chi connectivity index (χ2v) is 9.83. The minimum atomic E-state index is -0.734. The Kier molecular flexibility index (Phi) is 9.03. The van der Waals surface area contributed by atoms with Crippen molar-refractivity contribution in [2.75, 3.05) is 6.54 Å². The van der Waals surface area contributed by atoms with Gasteiger partial charge in [0.25, 0.3) is 5.91 Å². The SMILES string of the molecule is CCC(C)(C)C(=O)C(=O)N1CCC[C@H]1C(=O)OC(CCc1ccccc1)CCc1ccccc1. The number of ketones is 1. The van der Waals surface area contributed by atoms with Crippen molar-refractivity contribution in [1.82, 2.24) is 4.90 Å². The van der Waals surface area contributed by atoms with Crippen molar-refractivity contribution < 1.29 is 19.1 Å². The lowest BCUT2D eigenvalue weighted by Crippen LogP contribution is -2.48. The number of Topliss-reactive ketones (excluding diaryl/α,β-unsaturated/α-hetero) is 1. The average Bonchev–Trinajstić information content (AvgIpc) is 3.36. The molecule has 0 N–H and O–H groups in total. The lowest BCUT2D eigenvalue weighted by molar-refractivity contribution is -0.161. The summed E-state index contributed by atoms with van der Waals surface area (Å²) in [6.07, 6.45) is 4.60. The molecular weight excluding hydrogens is 426 g/mol. The van der Waals surface area contributed by atoms with Gasteiger partial charge in [0.05, 0.1) is 0 Å². The molecule has 2 aromatic carbocycles. The van der Waals surface area contributed by atoms with Crippen LogP contribution in [0.3, 0.4) is 0 Å². The van der Waals surface area contributed by atoms with Crippen molar-refractivity contribution in [3.05, 3.63) is 71.8 Å². The highest BCUT2D eigenvalue weighted by atomic mass is 16.5. The highest BCUT2D eigenvalue weighted by Gasteiger charge is 2.42. The lowest BCUT2D eigenvalue weighted by Gasteiger charge is -2.28. The van der Waals surface area contributed by atoms with E-state index in [1.807, 2.05) is 43.3 Å². The van der Waals surface area contributed by atoms with Gasteiger partial charge in [-0.25, -0.2) is 4.79 Å². The first-order chi connectivity index (χ1) is 16.3. The predicted octanol–water partition coefficient (Wildman–Crippen LogP) is 5.16. The van der Waals surface area contributed by atoms with Crippen LogP contribution < -0.4 is 0 Å². The van der Waals surface area contributed by atoms with E-state index < -0.39 is 23.1 Å². The average molecular weight is 464 g/mol. The summed E-state index contributed by atoms with van der Waals surface area (Å²) >= 11 is 0. The number of esters is 1. The molecule has 1 amide bonds. The molecule has 3 rings (SSSR count). The number of ether oxygens (including phenoxy) is 1. The van der Waals surface area contributed by atoms with E-state index in [1.54, 1.807) is 13.8 Å². The van der Waals surface area contributed by atoms with E-state index in [-0.39, 0.29) is 12.1 Å². The van der Waals surface area contributed by atoms with E-state index in [4.69, 9.17) is 4.74 Å². The number of rotatable bonds is 11. The Labute approximate surface area is 203 Å². The van der Waals surface area contributed by atoms with E-state index in [0.29, 0.717) is 38.6 Å². The predicted molar refractivity (Wildman–Crippen MR) is 133 cm³/mol. The Hall–Kier alpha value is -2.95. The molecule has 34 heavy (non-hydrogen) atoms. The van der Waals surface area contributed by atoms with Crippen LogP contribution in [0.1, 0.15) is 64.0 Å². The first-order valence-corrected chi connectivity index (χ1v) is 12.5. The van der Waals surface area contributed by atoms with Gasteiger partial charge in [-0.3, -0.25) is 9.59 Å². The van der Waals surface area contributed by atoms with Crippen LogP contribution >= 0.6 is 0 Å². The van der Waals surface area contributed by atoms with Gasteiger partial charge in [-0.2, -0.15) is 0 Å². The van der Waals surface area contributed by atoms with E-state index in [0.717, 1.165) is 12.8 Å². The number of hydrogen-bond acceptors (Lipinski definition) is 4. The van der Waals surface area contributed by atoms with E-state index in [2.05, 4.69) is 24.3 Å². The Bertz CT molecular complexity index is 911. The zero-order valence-electron chi connectivity index (χ0n) is 20.7. The molecule has 1 saturated heterocycles. The van der Waals surface area contributed by atoms with Gasteiger partial charge in [-0.15, -0.1) is 0 Å². The second-order valence-electron chi connectivity index (χ2n) is 9.83. The highest BCUT2D eigenvalue weighted by Crippen LogP contribution is 2.26. The maximum absolute atomic E-state index is 13.2. The quantitative estimate of drug-likeness (QED) is 0.341. The minimum absolute atomic E-state index is 0.256. The Morgan fingerprint density at radius 2 is 1.47 bits per heavy atom. The van der Waals surface area contributed by atoms with Crippen LogP contribution in [0, 0.1) is 5.41 Å². The van der Waals surface area contributed by atoms with E-state index >= 15 is 0 Å². The molecule has 1 heterocycles. The van der Waals surface area contributed by atoms with Gasteiger partial charge >= 0.3 is 5.97 Å². The molecule has 5 heteroatoms. The zero-order valence-corrected chi connectivity index (χ0v) is 20.7. The molecule has 5 nitrogen and oxygen atoms in total. The number of amides is 1. The molecule has 2 aromatic rings. The number of benzene rings is 2. The van der Waals surface area contributed by atoms with Crippen LogP contribution in [-0.4, -0.2) is 41.3 Å². The smallest absolute Gasteiger partial charge is 0.329 e. The van der Waals surface area contributed by atoms with Crippen molar-refractivity contribution in [2.24, 2.45) is 5.41 Å². The second kappa shape index (κ2) is 12.0. The first-order valence-electron chi connectivity index (χ1n) is 12.5. The highest BCUT2D eigenvalue weighted by molar-refractivity contribution is 6.38. The molecule has 0 radical (unpaired) electrons. The fraction of sp³-hybridized carbons (Fsp3) is 0.483. The van der Waals surface area contributed by atoms with Gasteiger partial charge < -0.3 is 9.64 Å². The van der Waals surface area contributed by atoms with Crippen LogP contribution in [0.2, 0.25) is 0 Å². The third kappa shape index (κ3) is 6.78. The van der Waals surface area contributed by atoms with Gasteiger partial charge in [0.15, 0.2) is 0 Å². The largest absolute Gasteiger partial charge is 0.461 e. The van der Waals surface area contributed by atoms with Crippen LogP contribution in [0.15, 0.2) is 60.7 Å². The molecule has 0 spiro atoms. The molecule has 0 saturated carbocycles. The van der Waals surface area contributed by atoms with Crippen LogP contribution in [0.5, 0.6) is 0 Å². The van der Waals surface area contributed by atoms with Crippen molar-refractivity contribution in [2.45, 2.75) is 77.9 Å². The van der Waals surface area contributed by atoms with Crippen molar-refractivity contribution in [1.29, 1.82) is 0 Å². The van der Waals surface area contributed by atoms with Crippen LogP contribution in [-0.2, 0) is 32.0 Å². The number of carbonyl (C=O) groups excluding carboxylic acids is 3. The van der Waals surface area contributed by atoms with Crippen molar-refractivity contribution in [3.63, 3.8) is 0 Å². The molecule has 0 unspecified atom stereocenters. The molecule has 0 bridgehead atoms. The summed E-state index contributed by atoms with van der Waals surface area (Å²) in [5.41, 5.74) is 1.67. The summed E-state index contributed by atoms with van der Waals surface area (Å²) in [5.74, 6) is -1.38. The number of carbonyl (C=O) groups is 3. The van der Waals surface area contributed by atoms with E-state index in [1.165, 1.54) is 16.0 Å². The number of nitrogens with zero attached hydrogens (tertiary/aromatic N) is 1. The number of likely N-dealkylation sites (tertiary alicyclic amines) is 1. The molecule has 1 atom stereocenters. The molecule has 1 aliphatic rings. The summed E-state index contributed by atoms with van der Waals surface area (Å²) in [6.45, 7) is 5.87. The van der Waals surface area contributed by atoms with Gasteiger partial charge in [0.2, 0.25) is 5.78 Å². The molecule has 1 fully saturated rings. The molecular formula is C29H37NO4. The third-order valence-corrected chi connectivity index (χ3v) is 6.96. The summed E-state index contributed by atoms with van der Waals surface area (Å²) in [6, 6.07) is 19.7. The van der Waals surface area contributed by atoms with Crippen LogP contribution in [0.4, 0.5) is 0 Å². The standard InChI is InChI=1S/C29H37NO4/c1-4-29(2,3)26(31)27(32)30-21-11-16-25(30)28(33)34-24(19-17-22-12-7-5-8-13-22)20-18-23-14-9-6-10-15-23/h5-10,12-15,24-25H,4,11,16-21H2,1-3H3/t25-/m0/s1. The van der Waals surface area contributed by atoms with Crippen LogP contribution in [0.25, 0.3) is 0 Å². The fourth-order valence-corrected chi connectivity index (χ4v) is 4.28. The van der Waals surface area contributed by atoms with Gasteiger partial charge in [-0.1, -0.05) is 81.4 Å². The Morgan fingerprint density at radius 3 is 1.97 bits per heavy atom. The summed E-state index contributed by atoms with van der Waals surface area (Å²) in [4.78, 5) is 40.3. The zero-order chi connectivity index (χ0) is 24.6. The molecule has 1 aliphatic heterocycles. The summed E-state index contributed by atoms with van der Waals surface area (Å²) in [5, 5.41) is 0. The van der Waals surface area contributed by atoms with Gasteiger partial charge in [0, 0.05) is 12.0 Å². The lowest BCUT2D eigenvalue weighted by atomic mass is 9.84. The number of hydrogen-bond donors (Lipinski definition) is 0. The van der Waals surface area contributed by atoms with Gasteiger partial charge in [-0.05, 0) is 56.1 Å². The van der Waals surface area contributed by atoms with Crippen molar-refractivity contribution >= 4 is 17.7 Å². The monoisotopic (exact) mass is 463 g/mol. The van der Waals surface area contributed by atoms with E-state index in [9.17, 15) is 14.4 Å². The van der Waals surface area contributed by atoms with Gasteiger partial charge in [0.1, 0.15) is 12.1 Å². The third-order valence-electron chi connectivity index (χ3n) is 6.96. The Balaban J connectivity index is 1.67.